The van der Waals surface area contributed by atoms with Gasteiger partial charge in [0.15, 0.2) is 18.5 Å². The molecule has 3 aromatic rings. The van der Waals surface area contributed by atoms with Crippen LogP contribution in [0.4, 0.5) is 0 Å². The maximum atomic E-state index is 12.3. The minimum absolute atomic E-state index is 0.230. The molecule has 1 saturated heterocycles. The average Bonchev–Trinajstić information content (AvgIpc) is 3.39. The highest BCUT2D eigenvalue weighted by Crippen LogP contribution is 2.43. The van der Waals surface area contributed by atoms with Crippen molar-refractivity contribution in [3.8, 4) is 0 Å². The van der Waals surface area contributed by atoms with Crippen molar-refractivity contribution in [2.75, 3.05) is 0 Å². The van der Waals surface area contributed by atoms with Gasteiger partial charge in [0.2, 0.25) is 0 Å². The molecule has 7 atom stereocenters. The van der Waals surface area contributed by atoms with Crippen LogP contribution in [0, 0.1) is 0 Å². The van der Waals surface area contributed by atoms with Gasteiger partial charge in [-0.15, -0.1) is 0 Å². The Morgan fingerprint density at radius 1 is 0.590 bits per heavy atom. The third-order valence-corrected chi connectivity index (χ3v) is 6.75. The SMILES string of the molecule is CC(=O)O[C@@H]1[C@@H](OCc2ccccc2)[C@H]2OC(c3ccccc3)O[C@H]2[C@H](OCc2ccccc2)[C@H]1OC(C)=O. The molecule has 8 nitrogen and oxygen atoms in total. The standard InChI is InChI=1S/C31H32O8/c1-20(32)36-27-25(34-18-22-12-6-3-7-13-22)29-30(39-31(38-29)24-16-10-5-11-17-24)26(28(27)37-21(2)33)35-19-23-14-8-4-9-15-23/h3-17,25-31H,18-19H2,1-2H3/t25-,26-,27-,28-,29-,30+,31?/m1/s1. The molecule has 2 aliphatic rings. The molecule has 1 heterocycles. The first-order valence-corrected chi connectivity index (χ1v) is 13.0. The molecule has 204 valence electrons. The van der Waals surface area contributed by atoms with E-state index in [0.717, 1.165) is 16.7 Å². The molecule has 0 spiro atoms. The number of carbonyl (C=O) groups is 2. The van der Waals surface area contributed by atoms with Crippen molar-refractivity contribution in [3.05, 3.63) is 108 Å². The fraction of sp³-hybridized carbons (Fsp3) is 0.355. The second kappa shape index (κ2) is 12.5. The molecule has 2 fully saturated rings. The summed E-state index contributed by atoms with van der Waals surface area (Å²) in [6.45, 7) is 3.08. The van der Waals surface area contributed by atoms with Crippen molar-refractivity contribution < 1.29 is 38.0 Å². The van der Waals surface area contributed by atoms with E-state index in [1.807, 2.05) is 91.0 Å². The van der Waals surface area contributed by atoms with E-state index in [1.54, 1.807) is 0 Å². The van der Waals surface area contributed by atoms with Crippen LogP contribution in [-0.2, 0) is 51.2 Å². The maximum absolute atomic E-state index is 12.3. The molecule has 0 radical (unpaired) electrons. The second-order valence-electron chi connectivity index (χ2n) is 9.61. The summed E-state index contributed by atoms with van der Waals surface area (Å²) in [5, 5.41) is 0. The fourth-order valence-electron chi connectivity index (χ4n) is 5.08. The van der Waals surface area contributed by atoms with Crippen molar-refractivity contribution in [1.29, 1.82) is 0 Å². The summed E-state index contributed by atoms with van der Waals surface area (Å²) < 4.78 is 37.2. The zero-order chi connectivity index (χ0) is 27.2. The van der Waals surface area contributed by atoms with E-state index in [9.17, 15) is 9.59 Å². The number of hydrogen-bond acceptors (Lipinski definition) is 8. The molecule has 0 aromatic heterocycles. The molecule has 39 heavy (non-hydrogen) atoms. The lowest BCUT2D eigenvalue weighted by Crippen LogP contribution is -2.65. The molecule has 0 amide bonds. The first-order chi connectivity index (χ1) is 19.0. The molecule has 0 bridgehead atoms. The minimum Gasteiger partial charge on any atom is -0.456 e. The Hall–Kier alpha value is -3.56. The van der Waals surface area contributed by atoms with Gasteiger partial charge in [0.1, 0.15) is 24.4 Å². The van der Waals surface area contributed by atoms with Crippen molar-refractivity contribution in [3.63, 3.8) is 0 Å². The number of carbonyl (C=O) groups excluding carboxylic acids is 2. The lowest BCUT2D eigenvalue weighted by molar-refractivity contribution is -0.241. The number of benzene rings is 3. The molecular weight excluding hydrogens is 500 g/mol. The zero-order valence-corrected chi connectivity index (χ0v) is 21.9. The molecule has 0 N–H and O–H groups in total. The molecule has 3 aromatic carbocycles. The third-order valence-electron chi connectivity index (χ3n) is 6.75. The van der Waals surface area contributed by atoms with Crippen molar-refractivity contribution in [2.45, 2.75) is 70.0 Å². The van der Waals surface area contributed by atoms with E-state index in [-0.39, 0.29) is 13.2 Å². The number of esters is 2. The summed E-state index contributed by atoms with van der Waals surface area (Å²) in [5.41, 5.74) is 2.69. The third kappa shape index (κ3) is 6.54. The Bertz CT molecular complexity index is 1140. The van der Waals surface area contributed by atoms with Crippen LogP contribution in [0.3, 0.4) is 0 Å². The highest BCUT2D eigenvalue weighted by Gasteiger charge is 2.60. The van der Waals surface area contributed by atoms with Crippen LogP contribution in [0.15, 0.2) is 91.0 Å². The van der Waals surface area contributed by atoms with Gasteiger partial charge in [-0.1, -0.05) is 91.0 Å². The Labute approximate surface area is 227 Å². The largest absolute Gasteiger partial charge is 0.456 e. The van der Waals surface area contributed by atoms with Gasteiger partial charge in [-0.25, -0.2) is 0 Å². The highest BCUT2D eigenvalue weighted by molar-refractivity contribution is 5.67. The number of fused-ring (bicyclic) bond motifs is 1. The van der Waals surface area contributed by atoms with E-state index in [4.69, 9.17) is 28.4 Å². The van der Waals surface area contributed by atoms with Crippen molar-refractivity contribution in [2.24, 2.45) is 0 Å². The molecule has 1 aliphatic carbocycles. The van der Waals surface area contributed by atoms with Gasteiger partial charge in [-0.05, 0) is 11.1 Å². The molecule has 1 saturated carbocycles. The minimum atomic E-state index is -0.991. The summed E-state index contributed by atoms with van der Waals surface area (Å²) in [5.74, 6) is -1.08. The van der Waals surface area contributed by atoms with Crippen LogP contribution in [0.5, 0.6) is 0 Å². The van der Waals surface area contributed by atoms with Gasteiger partial charge in [0, 0.05) is 19.4 Å². The average molecular weight is 533 g/mol. The van der Waals surface area contributed by atoms with Crippen molar-refractivity contribution >= 4 is 11.9 Å². The van der Waals surface area contributed by atoms with Gasteiger partial charge in [-0.3, -0.25) is 9.59 Å². The summed E-state index contributed by atoms with van der Waals surface area (Å²) in [6.07, 6.45) is -5.62. The topological polar surface area (TPSA) is 89.5 Å². The van der Waals surface area contributed by atoms with Gasteiger partial charge >= 0.3 is 11.9 Å². The lowest BCUT2D eigenvalue weighted by atomic mass is 9.84. The normalized spacial score (nSPS) is 27.9. The zero-order valence-electron chi connectivity index (χ0n) is 21.9. The summed E-state index contributed by atoms with van der Waals surface area (Å²) >= 11 is 0. The van der Waals surface area contributed by atoms with Gasteiger partial charge in [0.25, 0.3) is 0 Å². The molecule has 1 unspecified atom stereocenters. The van der Waals surface area contributed by atoms with E-state index in [0.29, 0.717) is 0 Å². The predicted octanol–water partition coefficient (Wildman–Crippen LogP) is 4.52. The maximum Gasteiger partial charge on any atom is 0.303 e. The Kier molecular flexibility index (Phi) is 8.68. The summed E-state index contributed by atoms with van der Waals surface area (Å²) in [7, 11) is 0. The van der Waals surface area contributed by atoms with Crippen LogP contribution < -0.4 is 0 Å². The van der Waals surface area contributed by atoms with Crippen LogP contribution >= 0.6 is 0 Å². The first-order valence-electron chi connectivity index (χ1n) is 13.0. The van der Waals surface area contributed by atoms with Crippen LogP contribution in [0.25, 0.3) is 0 Å². The molecule has 8 heteroatoms. The second-order valence-corrected chi connectivity index (χ2v) is 9.61. The van der Waals surface area contributed by atoms with E-state index in [2.05, 4.69) is 0 Å². The van der Waals surface area contributed by atoms with Crippen molar-refractivity contribution in [1.82, 2.24) is 0 Å². The predicted molar refractivity (Wildman–Crippen MR) is 140 cm³/mol. The Morgan fingerprint density at radius 3 is 1.36 bits per heavy atom. The van der Waals surface area contributed by atoms with Gasteiger partial charge in [-0.2, -0.15) is 0 Å². The Balaban J connectivity index is 1.50. The summed E-state index contributed by atoms with van der Waals surface area (Å²) in [4.78, 5) is 24.6. The highest BCUT2D eigenvalue weighted by atomic mass is 16.8. The number of ether oxygens (including phenoxy) is 6. The lowest BCUT2D eigenvalue weighted by Gasteiger charge is -2.45. The van der Waals surface area contributed by atoms with Crippen LogP contribution in [-0.4, -0.2) is 48.6 Å². The quantitative estimate of drug-likeness (QED) is 0.372. The van der Waals surface area contributed by atoms with E-state index in [1.165, 1.54) is 13.8 Å². The van der Waals surface area contributed by atoms with Gasteiger partial charge < -0.3 is 28.4 Å². The molecule has 1 aliphatic heterocycles. The van der Waals surface area contributed by atoms with Crippen LogP contribution in [0.1, 0.15) is 36.8 Å². The van der Waals surface area contributed by atoms with E-state index >= 15 is 0 Å². The van der Waals surface area contributed by atoms with Gasteiger partial charge in [0.05, 0.1) is 13.2 Å². The fourth-order valence-corrected chi connectivity index (χ4v) is 5.08. The molecular formula is C31H32O8. The number of rotatable bonds is 9. The molecule has 5 rings (SSSR count). The monoisotopic (exact) mass is 532 g/mol. The number of hydrogen-bond donors (Lipinski definition) is 0. The van der Waals surface area contributed by atoms with E-state index < -0.39 is 54.9 Å². The smallest absolute Gasteiger partial charge is 0.303 e. The first kappa shape index (κ1) is 27.0. The summed E-state index contributed by atoms with van der Waals surface area (Å²) in [6, 6.07) is 28.8. The Morgan fingerprint density at radius 2 is 0.974 bits per heavy atom. The van der Waals surface area contributed by atoms with Crippen LogP contribution in [0.2, 0.25) is 0 Å².